The number of benzene rings is 2. The zero-order valence-electron chi connectivity index (χ0n) is 19.5. The van der Waals surface area contributed by atoms with E-state index in [1.165, 1.54) is 5.56 Å². The first kappa shape index (κ1) is 24.6. The largest absolute Gasteiger partial charge is 0.284 e. The Morgan fingerprint density at radius 3 is 2.47 bits per heavy atom. The fourth-order valence-electron chi connectivity index (χ4n) is 4.12. The molecule has 0 fully saturated rings. The topological polar surface area (TPSA) is 47.9 Å². The maximum atomic E-state index is 13.3. The van der Waals surface area contributed by atoms with Crippen LogP contribution in [-0.2, 0) is 4.79 Å². The smallest absolute Gasteiger partial charge is 0.282 e. The first-order valence-electron chi connectivity index (χ1n) is 11.1. The lowest BCUT2D eigenvalue weighted by Gasteiger charge is -2.34. The number of nitrogens with one attached hydrogen (secondary N) is 1. The van der Waals surface area contributed by atoms with Gasteiger partial charge in [0.25, 0.3) is 5.91 Å². The average molecular weight is 475 g/mol. The summed E-state index contributed by atoms with van der Waals surface area (Å²) in [5.41, 5.74) is 5.86. The molecule has 1 aliphatic heterocycles. The van der Waals surface area contributed by atoms with E-state index in [2.05, 4.69) is 57.4 Å². The van der Waals surface area contributed by atoms with Crippen LogP contribution in [0.4, 0.5) is 5.69 Å². The molecule has 0 spiro atoms. The van der Waals surface area contributed by atoms with Crippen LogP contribution in [0, 0.1) is 12.3 Å². The average Bonchev–Trinajstić information content (AvgIpc) is 3.00. The number of rotatable bonds is 8. The lowest BCUT2D eigenvalue weighted by molar-refractivity contribution is -0.119. The van der Waals surface area contributed by atoms with Gasteiger partial charge in [-0.3, -0.25) is 15.2 Å². The van der Waals surface area contributed by atoms with Crippen LogP contribution < -0.4 is 10.4 Å². The van der Waals surface area contributed by atoms with Crippen molar-refractivity contribution in [3.05, 3.63) is 63.6 Å². The first-order valence-corrected chi connectivity index (χ1v) is 11.8. The number of carbonyl (C=O) groups is 1. The predicted molar refractivity (Wildman–Crippen MR) is 134 cm³/mol. The molecule has 0 radical (unpaired) electrons. The quantitative estimate of drug-likeness (QED) is 0.355. The van der Waals surface area contributed by atoms with Crippen molar-refractivity contribution in [2.45, 2.75) is 53.0 Å². The Bertz CT molecular complexity index is 988. The number of hydrazone groups is 1. The minimum absolute atomic E-state index is 0.196. The molecule has 1 N–H and O–H groups in total. The number of hydrogen-bond acceptors (Lipinski definition) is 4. The first-order chi connectivity index (χ1) is 15.1. The summed E-state index contributed by atoms with van der Waals surface area (Å²) < 4.78 is 0. The highest BCUT2D eigenvalue weighted by Gasteiger charge is 2.49. The summed E-state index contributed by atoms with van der Waals surface area (Å²) in [6, 6.07) is 13.5. The van der Waals surface area contributed by atoms with Crippen molar-refractivity contribution in [2.24, 2.45) is 10.5 Å². The third-order valence-corrected chi connectivity index (χ3v) is 6.44. The maximum absolute atomic E-state index is 13.3. The Hall–Kier alpha value is -2.08. The highest BCUT2D eigenvalue weighted by molar-refractivity contribution is 6.42. The molecule has 0 bridgehead atoms. The summed E-state index contributed by atoms with van der Waals surface area (Å²) in [7, 11) is 1.89. The number of unbranched alkanes of at least 4 members (excludes halogenated alkanes) is 2. The van der Waals surface area contributed by atoms with E-state index in [1.54, 1.807) is 12.1 Å². The molecule has 1 atom stereocenters. The van der Waals surface area contributed by atoms with Crippen LogP contribution in [0.3, 0.4) is 0 Å². The molecule has 2 aromatic carbocycles. The van der Waals surface area contributed by atoms with Gasteiger partial charge in [-0.15, -0.1) is 0 Å². The molecular formula is C25H32Cl2N4O. The number of carbonyl (C=O) groups excluding carboxylic acids is 1. The zero-order chi connectivity index (χ0) is 23.5. The molecule has 0 aliphatic carbocycles. The second-order valence-corrected chi connectivity index (χ2v) is 9.84. The van der Waals surface area contributed by atoms with E-state index < -0.39 is 5.41 Å². The van der Waals surface area contributed by atoms with Crippen molar-refractivity contribution >= 4 is 40.5 Å². The number of nitrogens with zero attached hydrogens (tertiary/aromatic N) is 3. The van der Waals surface area contributed by atoms with Crippen molar-refractivity contribution in [2.75, 3.05) is 18.6 Å². The number of amides is 1. The summed E-state index contributed by atoms with van der Waals surface area (Å²) in [6.07, 6.45) is 3.29. The Morgan fingerprint density at radius 1 is 1.16 bits per heavy atom. The van der Waals surface area contributed by atoms with Gasteiger partial charge in [0.05, 0.1) is 16.8 Å². The molecular weight excluding hydrogens is 443 g/mol. The third kappa shape index (κ3) is 5.28. The van der Waals surface area contributed by atoms with E-state index in [0.29, 0.717) is 21.4 Å². The zero-order valence-corrected chi connectivity index (χ0v) is 21.0. The molecule has 32 heavy (non-hydrogen) atoms. The van der Waals surface area contributed by atoms with Gasteiger partial charge in [0, 0.05) is 24.0 Å². The van der Waals surface area contributed by atoms with Crippen LogP contribution in [0.5, 0.6) is 0 Å². The molecule has 5 nitrogen and oxygen atoms in total. The standard InChI is InChI=1S/C25H32Cl2N4O/c1-6-7-8-15-30(5)29-24(32)22-25(3,4)23(18-11-9-17(2)10-12-18)31(28-22)21-14-13-19(26)16-20(21)27/h9-14,16,23H,6-8,15H2,1-5H3,(H,29,32). The molecule has 1 unspecified atom stereocenters. The minimum Gasteiger partial charge on any atom is -0.284 e. The van der Waals surface area contributed by atoms with E-state index in [4.69, 9.17) is 28.3 Å². The minimum atomic E-state index is -0.563. The van der Waals surface area contributed by atoms with Crippen LogP contribution in [0.25, 0.3) is 0 Å². The van der Waals surface area contributed by atoms with E-state index >= 15 is 0 Å². The van der Waals surface area contributed by atoms with Gasteiger partial charge in [-0.05, 0) is 37.1 Å². The lowest BCUT2D eigenvalue weighted by atomic mass is 9.77. The summed E-state index contributed by atoms with van der Waals surface area (Å²) in [4.78, 5) is 13.3. The fourth-order valence-corrected chi connectivity index (χ4v) is 4.61. The van der Waals surface area contributed by atoms with E-state index in [0.717, 1.165) is 31.4 Å². The van der Waals surface area contributed by atoms with Crippen LogP contribution in [0.1, 0.15) is 57.2 Å². The van der Waals surface area contributed by atoms with Crippen LogP contribution in [0.15, 0.2) is 47.6 Å². The molecule has 3 rings (SSSR count). The lowest BCUT2D eigenvalue weighted by Crippen LogP contribution is -2.47. The van der Waals surface area contributed by atoms with Gasteiger partial charge in [0.1, 0.15) is 5.71 Å². The van der Waals surface area contributed by atoms with Gasteiger partial charge in [0.15, 0.2) is 0 Å². The van der Waals surface area contributed by atoms with Gasteiger partial charge in [0.2, 0.25) is 0 Å². The summed E-state index contributed by atoms with van der Waals surface area (Å²) in [5.74, 6) is -0.196. The molecule has 2 aromatic rings. The van der Waals surface area contributed by atoms with Crippen LogP contribution in [-0.4, -0.2) is 30.2 Å². The monoisotopic (exact) mass is 474 g/mol. The van der Waals surface area contributed by atoms with Crippen molar-refractivity contribution in [1.29, 1.82) is 0 Å². The molecule has 1 heterocycles. The SMILES string of the molecule is CCCCCN(C)NC(=O)C1=NN(c2ccc(Cl)cc2Cl)C(c2ccc(C)cc2)C1(C)C. The third-order valence-electron chi connectivity index (χ3n) is 5.90. The van der Waals surface area contributed by atoms with Crippen molar-refractivity contribution in [1.82, 2.24) is 10.4 Å². The van der Waals surface area contributed by atoms with E-state index in [-0.39, 0.29) is 11.9 Å². The number of halogens is 2. The Kier molecular flexibility index (Phi) is 7.86. The summed E-state index contributed by atoms with van der Waals surface area (Å²) in [5, 5.41) is 9.56. The van der Waals surface area contributed by atoms with Crippen molar-refractivity contribution in [3.63, 3.8) is 0 Å². The fraction of sp³-hybridized carbons (Fsp3) is 0.440. The maximum Gasteiger partial charge on any atom is 0.282 e. The Morgan fingerprint density at radius 2 is 1.84 bits per heavy atom. The summed E-state index contributed by atoms with van der Waals surface area (Å²) in [6.45, 7) is 9.12. The van der Waals surface area contributed by atoms with Crippen LogP contribution in [0.2, 0.25) is 10.0 Å². The Balaban J connectivity index is 1.98. The predicted octanol–water partition coefficient (Wildman–Crippen LogP) is 6.40. The van der Waals surface area contributed by atoms with E-state index in [9.17, 15) is 4.79 Å². The number of hydrazine groups is 1. The molecule has 1 aliphatic rings. The van der Waals surface area contributed by atoms with Crippen LogP contribution >= 0.6 is 23.2 Å². The molecule has 0 saturated heterocycles. The molecule has 172 valence electrons. The summed E-state index contributed by atoms with van der Waals surface area (Å²) >= 11 is 12.7. The highest BCUT2D eigenvalue weighted by atomic mass is 35.5. The molecule has 7 heteroatoms. The number of hydrogen-bond donors (Lipinski definition) is 1. The number of anilines is 1. The normalized spacial score (nSPS) is 17.6. The van der Waals surface area contributed by atoms with Crippen molar-refractivity contribution < 1.29 is 4.79 Å². The molecule has 0 saturated carbocycles. The van der Waals surface area contributed by atoms with Gasteiger partial charge >= 0.3 is 0 Å². The van der Waals surface area contributed by atoms with Gasteiger partial charge in [-0.1, -0.05) is 86.6 Å². The second-order valence-electron chi connectivity index (χ2n) is 8.99. The van der Waals surface area contributed by atoms with Crippen molar-refractivity contribution in [3.8, 4) is 0 Å². The van der Waals surface area contributed by atoms with Gasteiger partial charge in [-0.25, -0.2) is 5.01 Å². The van der Waals surface area contributed by atoms with Gasteiger partial charge < -0.3 is 0 Å². The van der Waals surface area contributed by atoms with E-state index in [1.807, 2.05) is 23.1 Å². The highest BCUT2D eigenvalue weighted by Crippen LogP contribution is 2.48. The molecule has 0 aromatic heterocycles. The Labute approximate surface area is 201 Å². The second kappa shape index (κ2) is 10.2. The van der Waals surface area contributed by atoms with Gasteiger partial charge in [-0.2, -0.15) is 5.10 Å². The number of aryl methyl sites for hydroxylation is 1. The molecule has 1 amide bonds.